The average molecular weight is 287 g/mol. The summed E-state index contributed by atoms with van der Waals surface area (Å²) in [4.78, 5) is 6.23. The summed E-state index contributed by atoms with van der Waals surface area (Å²) in [6.07, 6.45) is 2.52. The predicted octanol–water partition coefficient (Wildman–Crippen LogP) is 1.47. The van der Waals surface area contributed by atoms with Gasteiger partial charge in [-0.25, -0.2) is 4.98 Å². The number of nitrogens with zero attached hydrogens (tertiary/aromatic N) is 2. The van der Waals surface area contributed by atoms with Crippen molar-refractivity contribution in [3.05, 3.63) is 35.7 Å². The van der Waals surface area contributed by atoms with Gasteiger partial charge in [0.15, 0.2) is 5.03 Å². The molecule has 0 saturated heterocycles. The zero-order valence-electron chi connectivity index (χ0n) is 9.46. The van der Waals surface area contributed by atoms with Crippen LogP contribution in [0, 0.1) is 0 Å². The van der Waals surface area contributed by atoms with Crippen LogP contribution in [0.5, 0.6) is 0 Å². The van der Waals surface area contributed by atoms with Crippen molar-refractivity contribution in [1.82, 2.24) is 9.97 Å². The number of imidazole rings is 1. The van der Waals surface area contributed by atoms with E-state index >= 15 is 0 Å². The van der Waals surface area contributed by atoms with Crippen LogP contribution < -0.4 is 10.0 Å². The second kappa shape index (κ2) is 4.51. The van der Waals surface area contributed by atoms with Crippen molar-refractivity contribution in [2.24, 2.45) is 0 Å². The fraction of sp³-hybridized carbons (Fsp3) is 0.100. The zero-order valence-corrected chi connectivity index (χ0v) is 11.0. The molecule has 2 aromatic rings. The maximum Gasteiger partial charge on any atom is 0.281 e. The lowest BCUT2D eigenvalue weighted by atomic mass is 10.3. The number of aromatic nitrogens is 2. The van der Waals surface area contributed by atoms with E-state index in [-0.39, 0.29) is 5.03 Å². The van der Waals surface area contributed by atoms with Crippen LogP contribution >= 0.6 is 11.6 Å². The number of halogens is 1. The van der Waals surface area contributed by atoms with E-state index in [1.165, 1.54) is 25.6 Å². The molecule has 8 heteroatoms. The molecular formula is C10H11ClN4O2S. The van der Waals surface area contributed by atoms with E-state index in [0.717, 1.165) is 4.31 Å². The molecule has 1 aromatic heterocycles. The summed E-state index contributed by atoms with van der Waals surface area (Å²) < 4.78 is 25.5. The Kier molecular flexibility index (Phi) is 3.18. The lowest BCUT2D eigenvalue weighted by molar-refractivity contribution is 0.591. The van der Waals surface area contributed by atoms with Gasteiger partial charge in [-0.1, -0.05) is 11.6 Å². The normalized spacial score (nSPS) is 11.4. The first-order valence-corrected chi connectivity index (χ1v) is 6.77. The van der Waals surface area contributed by atoms with Crippen molar-refractivity contribution < 1.29 is 8.42 Å². The van der Waals surface area contributed by atoms with Gasteiger partial charge in [0.2, 0.25) is 0 Å². The standard InChI is InChI=1S/C10H11ClN4O2S/c1-15(9-4-7(11)2-3-8(9)12)18(16,17)10-5-13-6-14-10/h2-6H,12H2,1H3,(H,13,14). The third-order valence-electron chi connectivity index (χ3n) is 2.44. The molecule has 0 bridgehead atoms. The molecule has 0 aliphatic rings. The second-order valence-electron chi connectivity index (χ2n) is 3.59. The van der Waals surface area contributed by atoms with E-state index in [9.17, 15) is 8.42 Å². The Bertz CT molecular complexity index is 655. The van der Waals surface area contributed by atoms with E-state index in [2.05, 4.69) is 9.97 Å². The Morgan fingerprint density at radius 1 is 1.44 bits per heavy atom. The van der Waals surface area contributed by atoms with Crippen molar-refractivity contribution in [2.45, 2.75) is 5.03 Å². The molecule has 0 saturated carbocycles. The molecule has 18 heavy (non-hydrogen) atoms. The third-order valence-corrected chi connectivity index (χ3v) is 4.38. The lowest BCUT2D eigenvalue weighted by Gasteiger charge is -2.20. The Balaban J connectivity index is 2.49. The van der Waals surface area contributed by atoms with Gasteiger partial charge in [-0.2, -0.15) is 8.42 Å². The number of nitrogens with one attached hydrogen (secondary N) is 1. The molecule has 1 heterocycles. The Morgan fingerprint density at radius 3 is 2.78 bits per heavy atom. The number of aromatic amines is 1. The van der Waals surface area contributed by atoms with E-state index in [1.807, 2.05) is 0 Å². The molecule has 96 valence electrons. The van der Waals surface area contributed by atoms with Gasteiger partial charge in [0.05, 0.1) is 23.9 Å². The predicted molar refractivity (Wildman–Crippen MR) is 70.0 cm³/mol. The smallest absolute Gasteiger partial charge is 0.281 e. The van der Waals surface area contributed by atoms with Crippen LogP contribution in [0.4, 0.5) is 11.4 Å². The molecular weight excluding hydrogens is 276 g/mol. The molecule has 0 atom stereocenters. The van der Waals surface area contributed by atoms with Crippen LogP contribution in [-0.4, -0.2) is 25.4 Å². The Morgan fingerprint density at radius 2 is 2.17 bits per heavy atom. The zero-order chi connectivity index (χ0) is 13.3. The van der Waals surface area contributed by atoms with Crippen molar-refractivity contribution in [3.8, 4) is 0 Å². The molecule has 0 radical (unpaired) electrons. The molecule has 0 aliphatic carbocycles. The summed E-state index contributed by atoms with van der Waals surface area (Å²) in [6.45, 7) is 0. The van der Waals surface area contributed by atoms with E-state index in [1.54, 1.807) is 12.1 Å². The minimum absolute atomic E-state index is 0.00984. The molecule has 3 N–H and O–H groups in total. The van der Waals surface area contributed by atoms with Crippen LogP contribution in [0.3, 0.4) is 0 Å². The highest BCUT2D eigenvalue weighted by Crippen LogP contribution is 2.29. The molecule has 1 aromatic carbocycles. The monoisotopic (exact) mass is 286 g/mol. The summed E-state index contributed by atoms with van der Waals surface area (Å²) in [6, 6.07) is 4.64. The average Bonchev–Trinajstić information content (AvgIpc) is 2.85. The van der Waals surface area contributed by atoms with Crippen LogP contribution in [-0.2, 0) is 10.0 Å². The first kappa shape index (κ1) is 12.7. The number of sulfonamides is 1. The Labute approximate surface area is 109 Å². The lowest BCUT2D eigenvalue weighted by Crippen LogP contribution is -2.27. The molecule has 0 amide bonds. The highest BCUT2D eigenvalue weighted by atomic mass is 35.5. The topological polar surface area (TPSA) is 92.1 Å². The summed E-state index contributed by atoms with van der Waals surface area (Å²) >= 11 is 5.84. The second-order valence-corrected chi connectivity index (χ2v) is 5.97. The molecule has 0 unspecified atom stereocenters. The van der Waals surface area contributed by atoms with Crippen molar-refractivity contribution in [1.29, 1.82) is 0 Å². The van der Waals surface area contributed by atoms with Crippen LogP contribution in [0.1, 0.15) is 0 Å². The molecule has 6 nitrogen and oxygen atoms in total. The summed E-state index contributed by atoms with van der Waals surface area (Å²) in [5.74, 6) is 0. The largest absolute Gasteiger partial charge is 0.397 e. The number of hydrogen-bond donors (Lipinski definition) is 2. The number of rotatable bonds is 3. The highest BCUT2D eigenvalue weighted by molar-refractivity contribution is 7.92. The minimum atomic E-state index is -3.71. The highest BCUT2D eigenvalue weighted by Gasteiger charge is 2.24. The van der Waals surface area contributed by atoms with Crippen LogP contribution in [0.15, 0.2) is 35.7 Å². The molecule has 2 rings (SSSR count). The Hall–Kier alpha value is -1.73. The van der Waals surface area contributed by atoms with Gasteiger partial charge >= 0.3 is 0 Å². The van der Waals surface area contributed by atoms with Crippen LogP contribution in [0.2, 0.25) is 5.02 Å². The first-order chi connectivity index (χ1) is 8.43. The fourth-order valence-electron chi connectivity index (χ4n) is 1.45. The van der Waals surface area contributed by atoms with Gasteiger partial charge in [-0.05, 0) is 18.2 Å². The molecule has 0 fully saturated rings. The number of benzene rings is 1. The van der Waals surface area contributed by atoms with Crippen LogP contribution in [0.25, 0.3) is 0 Å². The number of nitrogen functional groups attached to an aromatic ring is 1. The maximum atomic E-state index is 12.2. The van der Waals surface area contributed by atoms with Gasteiger partial charge in [-0.3, -0.25) is 4.31 Å². The van der Waals surface area contributed by atoms with Gasteiger partial charge in [0.25, 0.3) is 10.0 Å². The number of hydrogen-bond acceptors (Lipinski definition) is 4. The summed E-state index contributed by atoms with van der Waals surface area (Å²) in [7, 11) is -2.31. The molecule has 0 aliphatic heterocycles. The van der Waals surface area contributed by atoms with Crippen molar-refractivity contribution in [3.63, 3.8) is 0 Å². The van der Waals surface area contributed by atoms with Gasteiger partial charge < -0.3 is 10.7 Å². The first-order valence-electron chi connectivity index (χ1n) is 4.95. The third kappa shape index (κ3) is 2.14. The number of H-pyrrole nitrogens is 1. The quantitative estimate of drug-likeness (QED) is 0.836. The van der Waals surface area contributed by atoms with Crippen molar-refractivity contribution >= 4 is 33.0 Å². The van der Waals surface area contributed by atoms with Gasteiger partial charge in [-0.15, -0.1) is 0 Å². The SMILES string of the molecule is CN(c1cc(Cl)ccc1N)S(=O)(=O)c1cnc[nH]1. The van der Waals surface area contributed by atoms with Crippen molar-refractivity contribution in [2.75, 3.05) is 17.1 Å². The number of nitrogens with two attached hydrogens (primary N) is 1. The van der Waals surface area contributed by atoms with Gasteiger partial charge in [0, 0.05) is 12.1 Å². The molecule has 0 spiro atoms. The summed E-state index contributed by atoms with van der Waals surface area (Å²) in [5, 5.41) is 0.398. The summed E-state index contributed by atoms with van der Waals surface area (Å²) in [5.41, 5.74) is 6.39. The van der Waals surface area contributed by atoms with E-state index < -0.39 is 10.0 Å². The maximum absolute atomic E-state index is 12.2. The fourth-order valence-corrected chi connectivity index (χ4v) is 2.72. The number of anilines is 2. The minimum Gasteiger partial charge on any atom is -0.397 e. The van der Waals surface area contributed by atoms with E-state index in [0.29, 0.717) is 16.4 Å². The van der Waals surface area contributed by atoms with Gasteiger partial charge in [0.1, 0.15) is 0 Å². The van der Waals surface area contributed by atoms with E-state index in [4.69, 9.17) is 17.3 Å².